The fraction of sp³-hybridized carbons (Fsp3) is 0.172. The van der Waals surface area contributed by atoms with Gasteiger partial charge in [0.05, 0.1) is 5.60 Å². The molecule has 2 nitrogen and oxygen atoms in total. The summed E-state index contributed by atoms with van der Waals surface area (Å²) in [6.07, 6.45) is 0.533. The third-order valence-electron chi connectivity index (χ3n) is 5.98. The maximum absolute atomic E-state index is 12.1. The summed E-state index contributed by atoms with van der Waals surface area (Å²) in [6, 6.07) is 37.1. The van der Waals surface area contributed by atoms with E-state index in [0.29, 0.717) is 6.42 Å². The van der Waals surface area contributed by atoms with Gasteiger partial charge in [0.15, 0.2) is 0 Å². The number of benzene rings is 4. The van der Waals surface area contributed by atoms with Gasteiger partial charge in [-0.05, 0) is 29.2 Å². The summed E-state index contributed by atoms with van der Waals surface area (Å²) in [5, 5.41) is 24.2. The van der Waals surface area contributed by atoms with Crippen molar-refractivity contribution in [2.24, 2.45) is 0 Å². The second-order valence-corrected chi connectivity index (χ2v) is 8.33. The predicted molar refractivity (Wildman–Crippen MR) is 126 cm³/mol. The average Bonchev–Trinajstić information content (AvgIpc) is 2.82. The lowest BCUT2D eigenvalue weighted by Crippen LogP contribution is -2.40. The van der Waals surface area contributed by atoms with E-state index in [1.165, 1.54) is 5.56 Å². The van der Waals surface area contributed by atoms with Gasteiger partial charge in [-0.3, -0.25) is 0 Å². The van der Waals surface area contributed by atoms with Gasteiger partial charge in [-0.25, -0.2) is 0 Å². The lowest BCUT2D eigenvalue weighted by Gasteiger charge is -2.39. The Bertz CT molecular complexity index is 1050. The molecule has 4 aromatic carbocycles. The molecule has 4 rings (SSSR count). The minimum atomic E-state index is -1.35. The minimum Gasteiger partial charge on any atom is -0.385 e. The minimum absolute atomic E-state index is 0.131. The zero-order valence-corrected chi connectivity index (χ0v) is 17.8. The molecule has 0 heterocycles. The van der Waals surface area contributed by atoms with Crippen LogP contribution in [0.1, 0.15) is 34.2 Å². The van der Waals surface area contributed by atoms with Crippen molar-refractivity contribution < 1.29 is 10.2 Å². The molecule has 0 aromatic heterocycles. The molecule has 0 aliphatic rings. The Kier molecular flexibility index (Phi) is 6.03. The SMILES string of the molecule is Cc1ccc(CC(O)(CC(O)(c2ccccc2)c2ccccc2)c2ccccc2)cc1. The van der Waals surface area contributed by atoms with Gasteiger partial charge in [0.1, 0.15) is 5.60 Å². The maximum Gasteiger partial charge on any atom is 0.118 e. The van der Waals surface area contributed by atoms with Crippen molar-refractivity contribution >= 4 is 0 Å². The Hall–Kier alpha value is -3.20. The van der Waals surface area contributed by atoms with Crippen LogP contribution >= 0.6 is 0 Å². The van der Waals surface area contributed by atoms with Gasteiger partial charge in [0.2, 0.25) is 0 Å². The first-order chi connectivity index (χ1) is 15.0. The van der Waals surface area contributed by atoms with Crippen LogP contribution < -0.4 is 0 Å². The molecule has 1 atom stereocenters. The second kappa shape index (κ2) is 8.89. The molecule has 0 aliphatic carbocycles. The molecule has 2 heteroatoms. The summed E-state index contributed by atoms with van der Waals surface area (Å²) in [7, 11) is 0. The molecule has 0 saturated heterocycles. The van der Waals surface area contributed by atoms with Crippen molar-refractivity contribution in [2.45, 2.75) is 31.0 Å². The monoisotopic (exact) mass is 408 g/mol. The van der Waals surface area contributed by atoms with Crippen molar-refractivity contribution in [3.8, 4) is 0 Å². The average molecular weight is 409 g/mol. The molecule has 1 unspecified atom stereocenters. The van der Waals surface area contributed by atoms with E-state index in [1.807, 2.05) is 103 Å². The Balaban J connectivity index is 1.82. The zero-order valence-electron chi connectivity index (χ0n) is 17.8. The van der Waals surface area contributed by atoms with Crippen LogP contribution in [0.4, 0.5) is 0 Å². The van der Waals surface area contributed by atoms with Gasteiger partial charge in [-0.2, -0.15) is 0 Å². The van der Waals surface area contributed by atoms with Crippen LogP contribution in [0.2, 0.25) is 0 Å². The molecule has 156 valence electrons. The van der Waals surface area contributed by atoms with Crippen molar-refractivity contribution in [1.29, 1.82) is 0 Å². The van der Waals surface area contributed by atoms with Gasteiger partial charge in [-0.1, -0.05) is 121 Å². The Morgan fingerprint density at radius 3 is 1.42 bits per heavy atom. The highest BCUT2D eigenvalue weighted by atomic mass is 16.3. The van der Waals surface area contributed by atoms with E-state index in [0.717, 1.165) is 22.3 Å². The van der Waals surface area contributed by atoms with E-state index in [4.69, 9.17) is 0 Å². The van der Waals surface area contributed by atoms with Gasteiger partial charge >= 0.3 is 0 Å². The molecule has 31 heavy (non-hydrogen) atoms. The molecule has 2 N–H and O–H groups in total. The van der Waals surface area contributed by atoms with E-state index in [-0.39, 0.29) is 6.42 Å². The highest BCUT2D eigenvalue weighted by molar-refractivity contribution is 5.39. The molecule has 0 saturated carbocycles. The smallest absolute Gasteiger partial charge is 0.118 e. The highest BCUT2D eigenvalue weighted by Crippen LogP contribution is 2.42. The number of hydrogen-bond acceptors (Lipinski definition) is 2. The summed E-state index contributed by atoms with van der Waals surface area (Å²) in [5.41, 5.74) is 1.91. The maximum atomic E-state index is 12.1. The van der Waals surface area contributed by atoms with E-state index in [9.17, 15) is 10.2 Å². The molecule has 0 amide bonds. The molecule has 0 fully saturated rings. The van der Waals surface area contributed by atoms with Crippen LogP contribution in [0.25, 0.3) is 0 Å². The first-order valence-corrected chi connectivity index (χ1v) is 10.7. The fourth-order valence-electron chi connectivity index (χ4n) is 4.28. The first kappa shape index (κ1) is 21.0. The topological polar surface area (TPSA) is 40.5 Å². The third kappa shape index (κ3) is 4.61. The number of aryl methyl sites for hydroxylation is 1. The number of hydrogen-bond donors (Lipinski definition) is 2. The van der Waals surface area contributed by atoms with Crippen LogP contribution in [0.15, 0.2) is 115 Å². The Morgan fingerprint density at radius 1 is 0.548 bits per heavy atom. The summed E-state index contributed by atoms with van der Waals surface area (Å²) >= 11 is 0. The van der Waals surface area contributed by atoms with Crippen LogP contribution in [-0.2, 0) is 17.6 Å². The summed E-state index contributed by atoms with van der Waals surface area (Å²) in [6.45, 7) is 2.05. The molecule has 0 radical (unpaired) electrons. The van der Waals surface area contributed by atoms with Crippen LogP contribution in [0, 0.1) is 6.92 Å². The van der Waals surface area contributed by atoms with Crippen LogP contribution in [0.3, 0.4) is 0 Å². The predicted octanol–water partition coefficient (Wildman–Crippen LogP) is 5.75. The largest absolute Gasteiger partial charge is 0.385 e. The molecule has 4 aromatic rings. The van der Waals surface area contributed by atoms with Gasteiger partial charge in [0, 0.05) is 12.8 Å². The number of rotatable bonds is 7. The van der Waals surface area contributed by atoms with Crippen molar-refractivity contribution in [1.82, 2.24) is 0 Å². The summed E-state index contributed by atoms with van der Waals surface area (Å²) < 4.78 is 0. The summed E-state index contributed by atoms with van der Waals surface area (Å²) in [5.74, 6) is 0. The zero-order chi connectivity index (χ0) is 21.7. The van der Waals surface area contributed by atoms with Crippen LogP contribution in [-0.4, -0.2) is 10.2 Å². The molecule has 0 spiro atoms. The molecular weight excluding hydrogens is 380 g/mol. The van der Waals surface area contributed by atoms with E-state index in [2.05, 4.69) is 19.1 Å². The van der Waals surface area contributed by atoms with Gasteiger partial charge in [0.25, 0.3) is 0 Å². The fourth-order valence-corrected chi connectivity index (χ4v) is 4.28. The lowest BCUT2D eigenvalue weighted by atomic mass is 9.73. The van der Waals surface area contributed by atoms with Crippen molar-refractivity contribution in [3.05, 3.63) is 143 Å². The van der Waals surface area contributed by atoms with Crippen molar-refractivity contribution in [2.75, 3.05) is 0 Å². The van der Waals surface area contributed by atoms with E-state index < -0.39 is 11.2 Å². The second-order valence-electron chi connectivity index (χ2n) is 8.33. The van der Waals surface area contributed by atoms with Gasteiger partial charge in [-0.15, -0.1) is 0 Å². The lowest BCUT2D eigenvalue weighted by molar-refractivity contribution is -0.0520. The first-order valence-electron chi connectivity index (χ1n) is 10.7. The summed E-state index contributed by atoms with van der Waals surface area (Å²) in [4.78, 5) is 0. The Labute approximate surface area is 184 Å². The Morgan fingerprint density at radius 2 is 0.968 bits per heavy atom. The normalized spacial score (nSPS) is 13.5. The molecular formula is C29H28O2. The standard InChI is InChI=1S/C29H28O2/c1-23-17-19-24(20-18-23)21-28(30,25-11-5-2-6-12-25)22-29(31,26-13-7-3-8-14-26)27-15-9-4-10-16-27/h2-20,30-31H,21-22H2,1H3. The molecule has 0 aliphatic heterocycles. The third-order valence-corrected chi connectivity index (χ3v) is 5.98. The quantitative estimate of drug-likeness (QED) is 0.409. The van der Waals surface area contributed by atoms with Crippen molar-refractivity contribution in [3.63, 3.8) is 0 Å². The number of aliphatic hydroxyl groups is 2. The highest BCUT2D eigenvalue weighted by Gasteiger charge is 2.42. The van der Waals surface area contributed by atoms with Gasteiger partial charge < -0.3 is 10.2 Å². The van der Waals surface area contributed by atoms with E-state index in [1.54, 1.807) is 0 Å². The molecule has 0 bridgehead atoms. The van der Waals surface area contributed by atoms with Crippen LogP contribution in [0.5, 0.6) is 0 Å². The van der Waals surface area contributed by atoms with E-state index >= 15 is 0 Å².